The van der Waals surface area contributed by atoms with Crippen LogP contribution in [0.25, 0.3) is 21.2 Å². The van der Waals surface area contributed by atoms with Crippen LogP contribution >= 0.6 is 27.5 Å². The van der Waals surface area contributed by atoms with E-state index in [0.29, 0.717) is 19.0 Å². The number of ether oxygens (including phenoxy) is 2. The molecule has 0 aliphatic carbocycles. The first-order chi connectivity index (χ1) is 17.0. The fraction of sp³-hybridized carbons (Fsp3) is 0.160. The van der Waals surface area contributed by atoms with Gasteiger partial charge in [0, 0.05) is 16.1 Å². The number of fused-ring (bicyclic) bond motifs is 2. The maximum Gasteiger partial charge on any atom is 0.330 e. The predicted octanol–water partition coefficient (Wildman–Crippen LogP) is 5.11. The van der Waals surface area contributed by atoms with E-state index in [1.165, 1.54) is 17.7 Å². The Morgan fingerprint density at radius 2 is 2.00 bits per heavy atom. The maximum atomic E-state index is 11.0. The molecule has 0 saturated heterocycles. The smallest absolute Gasteiger partial charge is 0.330 e. The molecule has 1 aromatic heterocycles. The molecule has 4 aromatic rings. The number of aliphatic hydroxyl groups excluding tert-OH is 1. The molecule has 0 saturated carbocycles. The lowest BCUT2D eigenvalue weighted by Crippen LogP contribution is -2.22. The van der Waals surface area contributed by atoms with Gasteiger partial charge in [-0.1, -0.05) is 24.3 Å². The van der Waals surface area contributed by atoms with Crippen LogP contribution in [0, 0.1) is 0 Å². The number of anilines is 2. The number of aliphatic hydroxyl groups is 1. The molecule has 1 atom stereocenters. The first kappa shape index (κ1) is 23.3. The maximum absolute atomic E-state index is 11.0. The summed E-state index contributed by atoms with van der Waals surface area (Å²) in [6, 6.07) is 16.3. The number of aliphatic imine (C=N–C) groups is 1. The van der Waals surface area contributed by atoms with Gasteiger partial charge in [-0.05, 0) is 74.5 Å². The van der Waals surface area contributed by atoms with Gasteiger partial charge in [-0.2, -0.15) is 4.37 Å². The van der Waals surface area contributed by atoms with Gasteiger partial charge in [0.25, 0.3) is 0 Å². The summed E-state index contributed by atoms with van der Waals surface area (Å²) in [5.74, 6) is 1.03. The molecule has 3 N–H and O–H groups in total. The minimum Gasteiger partial charge on any atom is -0.486 e. The van der Waals surface area contributed by atoms with E-state index in [1.54, 1.807) is 0 Å². The lowest BCUT2D eigenvalue weighted by molar-refractivity contribution is -0.139. The van der Waals surface area contributed by atoms with Crippen LogP contribution in [0.2, 0.25) is 0 Å². The van der Waals surface area contributed by atoms with E-state index in [2.05, 4.69) is 30.6 Å². The molecular weight excluding hydrogens is 534 g/mol. The Balaban J connectivity index is 1.40. The minimum atomic E-state index is -1.18. The molecule has 0 radical (unpaired) electrons. The molecule has 1 aliphatic heterocycles. The number of rotatable bonds is 7. The third-order valence-corrected chi connectivity index (χ3v) is 7.13. The van der Waals surface area contributed by atoms with Gasteiger partial charge in [-0.25, -0.2) is 4.79 Å². The summed E-state index contributed by atoms with van der Waals surface area (Å²) in [6.07, 6.45) is 1.45. The molecule has 178 valence electrons. The van der Waals surface area contributed by atoms with Crippen molar-refractivity contribution in [2.24, 2.45) is 4.99 Å². The van der Waals surface area contributed by atoms with E-state index in [9.17, 15) is 4.79 Å². The molecule has 1 aliphatic rings. The standard InChI is InChI=1S/C25H20BrN3O5S/c26-23-16(15-5-7-20-21(11-15)34-9-8-33-20)2-1-3-18(23)28-24-17-6-4-14(10-22(17)35-29-24)12-27-19(13-30)25(31)32/h1-7,10-12,19,30H,8-9,13H2,(H,28,29)(H,31,32)/t19-/m1/s1. The Morgan fingerprint density at radius 1 is 1.17 bits per heavy atom. The Hall–Kier alpha value is -3.47. The number of halogens is 1. The van der Waals surface area contributed by atoms with E-state index in [1.807, 2.05) is 54.6 Å². The number of nitrogens with one attached hydrogen (secondary N) is 1. The van der Waals surface area contributed by atoms with Gasteiger partial charge in [0.2, 0.25) is 0 Å². The van der Waals surface area contributed by atoms with Crippen molar-refractivity contribution in [3.8, 4) is 22.6 Å². The molecule has 0 amide bonds. The second-order valence-electron chi connectivity index (χ2n) is 7.75. The average molecular weight is 554 g/mol. The van der Waals surface area contributed by atoms with Gasteiger partial charge in [0.05, 0.1) is 17.0 Å². The molecule has 35 heavy (non-hydrogen) atoms. The minimum absolute atomic E-state index is 0.533. The first-order valence-electron chi connectivity index (χ1n) is 10.8. The second-order valence-corrected chi connectivity index (χ2v) is 9.35. The lowest BCUT2D eigenvalue weighted by Gasteiger charge is -2.19. The van der Waals surface area contributed by atoms with E-state index in [4.69, 9.17) is 19.7 Å². The number of carboxylic acids is 1. The molecule has 0 spiro atoms. The zero-order chi connectivity index (χ0) is 24.4. The monoisotopic (exact) mass is 553 g/mol. The van der Waals surface area contributed by atoms with Gasteiger partial charge >= 0.3 is 5.97 Å². The zero-order valence-electron chi connectivity index (χ0n) is 18.3. The van der Waals surface area contributed by atoms with Gasteiger partial charge in [0.1, 0.15) is 13.2 Å². The number of benzene rings is 3. The van der Waals surface area contributed by atoms with Crippen molar-refractivity contribution in [2.75, 3.05) is 25.1 Å². The second kappa shape index (κ2) is 10.0. The lowest BCUT2D eigenvalue weighted by atomic mass is 10.0. The van der Waals surface area contributed by atoms with E-state index >= 15 is 0 Å². The van der Waals surface area contributed by atoms with Crippen molar-refractivity contribution < 1.29 is 24.5 Å². The van der Waals surface area contributed by atoms with E-state index in [-0.39, 0.29) is 0 Å². The quantitative estimate of drug-likeness (QED) is 0.272. The first-order valence-corrected chi connectivity index (χ1v) is 12.3. The molecule has 0 fully saturated rings. The highest BCUT2D eigenvalue weighted by Crippen LogP contribution is 2.40. The van der Waals surface area contributed by atoms with Gasteiger partial charge in [-0.15, -0.1) is 0 Å². The van der Waals surface area contributed by atoms with Gasteiger partial charge < -0.3 is 25.0 Å². The topological polar surface area (TPSA) is 113 Å². The average Bonchev–Trinajstić information content (AvgIpc) is 3.27. The van der Waals surface area contributed by atoms with Gasteiger partial charge in [0.15, 0.2) is 23.4 Å². The number of aliphatic carboxylic acids is 1. The molecule has 3 aromatic carbocycles. The number of nitrogens with zero attached hydrogens (tertiary/aromatic N) is 2. The summed E-state index contributed by atoms with van der Waals surface area (Å²) in [4.78, 5) is 15.0. The highest BCUT2D eigenvalue weighted by atomic mass is 79.9. The summed E-state index contributed by atoms with van der Waals surface area (Å²) < 4.78 is 17.7. The molecule has 0 unspecified atom stereocenters. The number of hydrogen-bond acceptors (Lipinski definition) is 8. The van der Waals surface area contributed by atoms with Crippen molar-refractivity contribution >= 4 is 61.2 Å². The van der Waals surface area contributed by atoms with Crippen molar-refractivity contribution in [3.63, 3.8) is 0 Å². The molecule has 8 nitrogen and oxygen atoms in total. The predicted molar refractivity (Wildman–Crippen MR) is 140 cm³/mol. The third-order valence-electron chi connectivity index (χ3n) is 5.46. The van der Waals surface area contributed by atoms with Crippen LogP contribution in [-0.4, -0.2) is 52.6 Å². The van der Waals surface area contributed by atoms with E-state index in [0.717, 1.165) is 48.4 Å². The number of carboxylic acid groups (broad SMARTS) is 1. The summed E-state index contributed by atoms with van der Waals surface area (Å²) >= 11 is 5.07. The zero-order valence-corrected chi connectivity index (χ0v) is 20.7. The largest absolute Gasteiger partial charge is 0.486 e. The Morgan fingerprint density at radius 3 is 2.80 bits per heavy atom. The number of aromatic nitrogens is 1. The van der Waals surface area contributed by atoms with Crippen LogP contribution in [0.3, 0.4) is 0 Å². The van der Waals surface area contributed by atoms with Crippen molar-refractivity contribution in [2.45, 2.75) is 6.04 Å². The summed E-state index contributed by atoms with van der Waals surface area (Å²) in [5, 5.41) is 22.5. The fourth-order valence-corrected chi connectivity index (χ4v) is 5.06. The SMILES string of the molecule is O=C(O)[C@@H](CO)N=Cc1ccc2c(Nc3cccc(-c4ccc5c(c4)OCCO5)c3Br)nsc2c1. The van der Waals surface area contributed by atoms with Crippen LogP contribution in [0.5, 0.6) is 11.5 Å². The van der Waals surface area contributed by atoms with Crippen LogP contribution < -0.4 is 14.8 Å². The van der Waals surface area contributed by atoms with Crippen LogP contribution in [0.15, 0.2) is 64.1 Å². The van der Waals surface area contributed by atoms with Crippen molar-refractivity contribution in [1.82, 2.24) is 4.37 Å². The molecule has 5 rings (SSSR count). The van der Waals surface area contributed by atoms with Crippen molar-refractivity contribution in [1.29, 1.82) is 0 Å². The molecular formula is C25H20BrN3O5S. The van der Waals surface area contributed by atoms with Crippen molar-refractivity contribution in [3.05, 3.63) is 64.6 Å². The molecule has 10 heteroatoms. The van der Waals surface area contributed by atoms with Crippen LogP contribution in [0.1, 0.15) is 5.56 Å². The normalized spacial score (nSPS) is 13.8. The van der Waals surface area contributed by atoms with Gasteiger partial charge in [-0.3, -0.25) is 4.99 Å². The summed E-state index contributed by atoms with van der Waals surface area (Å²) in [5.41, 5.74) is 3.60. The van der Waals surface area contributed by atoms with Crippen LogP contribution in [-0.2, 0) is 4.79 Å². The van der Waals surface area contributed by atoms with E-state index < -0.39 is 18.6 Å². The molecule has 2 heterocycles. The Bertz CT molecular complexity index is 1440. The third kappa shape index (κ3) is 4.86. The summed E-state index contributed by atoms with van der Waals surface area (Å²) in [6.45, 7) is 0.533. The van der Waals surface area contributed by atoms with Crippen LogP contribution in [0.4, 0.5) is 11.5 Å². The highest BCUT2D eigenvalue weighted by Gasteiger charge is 2.16. The Kier molecular flexibility index (Phi) is 6.67. The summed E-state index contributed by atoms with van der Waals surface area (Å²) in [7, 11) is 0. The number of carbonyl (C=O) groups is 1. The Labute approximate surface area is 213 Å². The fourth-order valence-electron chi connectivity index (χ4n) is 3.68. The molecule has 0 bridgehead atoms. The number of hydrogen-bond donors (Lipinski definition) is 3. The highest BCUT2D eigenvalue weighted by molar-refractivity contribution is 9.10.